The lowest BCUT2D eigenvalue weighted by atomic mass is 10.1. The smallest absolute Gasteiger partial charge is 0.335 e. The van der Waals surface area contributed by atoms with Crippen molar-refractivity contribution >= 4 is 45.5 Å². The molecular weight excluding hydrogens is 500 g/mol. The molecular formula is C26H21BrN2O5. The van der Waals surface area contributed by atoms with E-state index in [1.807, 2.05) is 31.2 Å². The normalized spacial score (nSPS) is 14.8. The van der Waals surface area contributed by atoms with Crippen molar-refractivity contribution in [2.75, 3.05) is 18.1 Å². The number of nitrogens with one attached hydrogen (secondary N) is 1. The molecule has 3 aromatic carbocycles. The second-order valence-corrected chi connectivity index (χ2v) is 8.43. The Balaban J connectivity index is 1.40. The Morgan fingerprint density at radius 3 is 2.24 bits per heavy atom. The van der Waals surface area contributed by atoms with Gasteiger partial charge in [0, 0.05) is 4.47 Å². The summed E-state index contributed by atoms with van der Waals surface area (Å²) < 4.78 is 12.2. The van der Waals surface area contributed by atoms with Crippen LogP contribution in [0.2, 0.25) is 0 Å². The van der Waals surface area contributed by atoms with Crippen LogP contribution in [0.25, 0.3) is 6.08 Å². The van der Waals surface area contributed by atoms with Gasteiger partial charge in [0.1, 0.15) is 30.3 Å². The molecule has 1 saturated heterocycles. The summed E-state index contributed by atoms with van der Waals surface area (Å²) in [7, 11) is 0. The number of carbonyl (C=O) groups is 3. The highest BCUT2D eigenvalue weighted by Gasteiger charge is 2.36. The minimum absolute atomic E-state index is 0.136. The van der Waals surface area contributed by atoms with Gasteiger partial charge in [-0.15, -0.1) is 0 Å². The van der Waals surface area contributed by atoms with Gasteiger partial charge in [-0.1, -0.05) is 40.2 Å². The minimum Gasteiger partial charge on any atom is -0.490 e. The monoisotopic (exact) mass is 520 g/mol. The molecule has 8 heteroatoms. The zero-order valence-electron chi connectivity index (χ0n) is 18.3. The summed E-state index contributed by atoms with van der Waals surface area (Å²) in [6, 6.07) is 20.6. The first kappa shape index (κ1) is 23.3. The fraction of sp³-hybridized carbons (Fsp3) is 0.115. The summed E-state index contributed by atoms with van der Waals surface area (Å²) in [5.74, 6) is -0.0144. The molecule has 0 radical (unpaired) electrons. The molecule has 0 bridgehead atoms. The van der Waals surface area contributed by atoms with Gasteiger partial charge in [-0.25, -0.2) is 9.69 Å². The van der Waals surface area contributed by atoms with Crippen LogP contribution < -0.4 is 19.7 Å². The number of hydrogen-bond acceptors (Lipinski definition) is 5. The molecule has 3 aromatic rings. The van der Waals surface area contributed by atoms with Crippen molar-refractivity contribution in [1.82, 2.24) is 5.32 Å². The predicted molar refractivity (Wildman–Crippen MR) is 132 cm³/mol. The topological polar surface area (TPSA) is 84.9 Å². The third-order valence-electron chi connectivity index (χ3n) is 4.99. The van der Waals surface area contributed by atoms with Gasteiger partial charge in [0.05, 0.1) is 5.69 Å². The number of anilines is 1. The van der Waals surface area contributed by atoms with E-state index in [1.54, 1.807) is 48.5 Å². The Hall–Kier alpha value is -3.91. The van der Waals surface area contributed by atoms with Crippen molar-refractivity contribution in [2.45, 2.75) is 6.92 Å². The summed E-state index contributed by atoms with van der Waals surface area (Å²) in [5, 5.41) is 2.21. The standard InChI is InChI=1S/C26H21BrN2O5/c1-17-3-2-4-22(15-17)34-14-13-33-21-11-5-18(6-12-21)16-23-24(30)28-26(32)29(25(23)31)20-9-7-19(27)8-10-20/h2-12,15-16H,13-14H2,1H3,(H,28,30,32)/b23-16-. The second kappa shape index (κ2) is 10.4. The van der Waals surface area contributed by atoms with Crippen LogP contribution in [-0.2, 0) is 9.59 Å². The van der Waals surface area contributed by atoms with Crippen molar-refractivity contribution in [3.63, 3.8) is 0 Å². The summed E-state index contributed by atoms with van der Waals surface area (Å²) in [6.45, 7) is 2.75. The number of ether oxygens (including phenoxy) is 2. The zero-order valence-corrected chi connectivity index (χ0v) is 19.9. The van der Waals surface area contributed by atoms with Crippen LogP contribution in [0.3, 0.4) is 0 Å². The van der Waals surface area contributed by atoms with Crippen molar-refractivity contribution in [2.24, 2.45) is 0 Å². The van der Waals surface area contributed by atoms with E-state index in [0.29, 0.717) is 30.2 Å². The van der Waals surface area contributed by atoms with E-state index in [0.717, 1.165) is 20.7 Å². The number of carbonyl (C=O) groups excluding carboxylic acids is 3. The van der Waals surface area contributed by atoms with E-state index in [9.17, 15) is 14.4 Å². The Morgan fingerprint density at radius 2 is 1.56 bits per heavy atom. The summed E-state index contributed by atoms with van der Waals surface area (Å²) in [4.78, 5) is 38.5. The van der Waals surface area contributed by atoms with Crippen molar-refractivity contribution < 1.29 is 23.9 Å². The number of rotatable bonds is 7. The van der Waals surface area contributed by atoms with Crippen LogP contribution in [0.5, 0.6) is 11.5 Å². The lowest BCUT2D eigenvalue weighted by molar-refractivity contribution is -0.122. The highest BCUT2D eigenvalue weighted by atomic mass is 79.9. The molecule has 34 heavy (non-hydrogen) atoms. The van der Waals surface area contributed by atoms with Gasteiger partial charge >= 0.3 is 6.03 Å². The van der Waals surface area contributed by atoms with E-state index < -0.39 is 17.8 Å². The fourth-order valence-corrected chi connectivity index (χ4v) is 3.60. The van der Waals surface area contributed by atoms with E-state index in [4.69, 9.17) is 9.47 Å². The largest absolute Gasteiger partial charge is 0.490 e. The Morgan fingerprint density at radius 1 is 0.882 bits per heavy atom. The first-order chi connectivity index (χ1) is 16.4. The molecule has 0 aromatic heterocycles. The molecule has 0 spiro atoms. The lowest BCUT2D eigenvalue weighted by Gasteiger charge is -2.26. The SMILES string of the molecule is Cc1cccc(OCCOc2ccc(/C=C3/C(=O)NC(=O)N(c4ccc(Br)cc4)C3=O)cc2)c1. The van der Waals surface area contributed by atoms with Gasteiger partial charge in [0.2, 0.25) is 0 Å². The van der Waals surface area contributed by atoms with Gasteiger partial charge in [-0.2, -0.15) is 0 Å². The average Bonchev–Trinajstić information content (AvgIpc) is 2.81. The number of aryl methyl sites for hydroxylation is 1. The third-order valence-corrected chi connectivity index (χ3v) is 5.52. The maximum Gasteiger partial charge on any atom is 0.335 e. The Kier molecular flexibility index (Phi) is 7.08. The molecule has 0 aliphatic carbocycles. The van der Waals surface area contributed by atoms with E-state index in [1.165, 1.54) is 6.08 Å². The number of halogens is 1. The minimum atomic E-state index is -0.786. The molecule has 1 aliphatic heterocycles. The lowest BCUT2D eigenvalue weighted by Crippen LogP contribution is -2.54. The molecule has 4 amide bonds. The molecule has 1 heterocycles. The third kappa shape index (κ3) is 5.52. The molecule has 7 nitrogen and oxygen atoms in total. The number of imide groups is 2. The van der Waals surface area contributed by atoms with Crippen molar-refractivity contribution in [1.29, 1.82) is 0 Å². The summed E-state index contributed by atoms with van der Waals surface area (Å²) in [6.07, 6.45) is 1.45. The van der Waals surface area contributed by atoms with Gasteiger partial charge in [-0.3, -0.25) is 14.9 Å². The number of nitrogens with zero attached hydrogens (tertiary/aromatic N) is 1. The highest BCUT2D eigenvalue weighted by molar-refractivity contribution is 9.10. The molecule has 0 atom stereocenters. The van der Waals surface area contributed by atoms with Crippen LogP contribution in [0.4, 0.5) is 10.5 Å². The van der Waals surface area contributed by atoms with Crippen LogP contribution in [0.15, 0.2) is 82.8 Å². The molecule has 0 unspecified atom stereocenters. The van der Waals surface area contributed by atoms with Crippen LogP contribution in [0, 0.1) is 6.92 Å². The maximum absolute atomic E-state index is 12.9. The maximum atomic E-state index is 12.9. The van der Waals surface area contributed by atoms with E-state index in [2.05, 4.69) is 21.2 Å². The average molecular weight is 521 g/mol. The van der Waals surface area contributed by atoms with Crippen LogP contribution >= 0.6 is 15.9 Å². The number of hydrogen-bond donors (Lipinski definition) is 1. The molecule has 172 valence electrons. The predicted octanol–water partition coefficient (Wildman–Crippen LogP) is 4.88. The van der Waals surface area contributed by atoms with Gasteiger partial charge in [-0.05, 0) is 72.7 Å². The highest BCUT2D eigenvalue weighted by Crippen LogP contribution is 2.24. The quantitative estimate of drug-likeness (QED) is 0.272. The molecule has 4 rings (SSSR count). The first-order valence-electron chi connectivity index (χ1n) is 10.5. The Labute approximate surface area is 205 Å². The van der Waals surface area contributed by atoms with E-state index in [-0.39, 0.29) is 5.57 Å². The second-order valence-electron chi connectivity index (χ2n) is 7.52. The number of urea groups is 1. The summed E-state index contributed by atoms with van der Waals surface area (Å²) >= 11 is 3.32. The number of amides is 4. The number of benzene rings is 3. The summed E-state index contributed by atoms with van der Waals surface area (Å²) in [5.41, 5.74) is 1.97. The molecule has 1 fully saturated rings. The number of barbiturate groups is 1. The van der Waals surface area contributed by atoms with Crippen molar-refractivity contribution in [3.05, 3.63) is 94.0 Å². The molecule has 0 saturated carbocycles. The first-order valence-corrected chi connectivity index (χ1v) is 11.3. The van der Waals surface area contributed by atoms with Crippen LogP contribution in [-0.4, -0.2) is 31.1 Å². The zero-order chi connectivity index (χ0) is 24.1. The molecule has 1 N–H and O–H groups in total. The van der Waals surface area contributed by atoms with E-state index >= 15 is 0 Å². The Bertz CT molecular complexity index is 1250. The fourth-order valence-electron chi connectivity index (χ4n) is 3.33. The van der Waals surface area contributed by atoms with Crippen molar-refractivity contribution in [3.8, 4) is 11.5 Å². The van der Waals surface area contributed by atoms with Gasteiger partial charge in [0.25, 0.3) is 11.8 Å². The van der Waals surface area contributed by atoms with Crippen LogP contribution in [0.1, 0.15) is 11.1 Å². The van der Waals surface area contributed by atoms with Gasteiger partial charge < -0.3 is 9.47 Å². The molecule has 1 aliphatic rings. The van der Waals surface area contributed by atoms with Gasteiger partial charge in [0.15, 0.2) is 0 Å².